The molecule has 1 rings (SSSR count). The monoisotopic (exact) mass is 210 g/mol. The van der Waals surface area contributed by atoms with Gasteiger partial charge < -0.3 is 15.0 Å². The van der Waals surface area contributed by atoms with Crippen LogP contribution in [0.3, 0.4) is 0 Å². The molecule has 0 amide bonds. The first-order chi connectivity index (χ1) is 7.13. The number of carbonyl (C=O) groups excluding carboxylic acids is 1. The van der Waals surface area contributed by atoms with Crippen LogP contribution < -0.4 is 5.32 Å². The molecule has 0 aliphatic carbocycles. The van der Waals surface area contributed by atoms with Crippen LogP contribution in [0.5, 0.6) is 0 Å². The molecule has 0 aliphatic rings. The first kappa shape index (κ1) is 11.8. The van der Waals surface area contributed by atoms with Gasteiger partial charge >= 0.3 is 5.97 Å². The highest BCUT2D eigenvalue weighted by Crippen LogP contribution is 2.04. The fourth-order valence-electron chi connectivity index (χ4n) is 1.27. The molecule has 0 radical (unpaired) electrons. The van der Waals surface area contributed by atoms with E-state index in [1.165, 1.54) is 7.11 Å². The lowest BCUT2D eigenvalue weighted by Gasteiger charge is -2.05. The molecule has 2 N–H and O–H groups in total. The largest absolute Gasteiger partial charge is 0.464 e. The molecule has 0 fully saturated rings. The number of H-pyrrole nitrogens is 1. The Morgan fingerprint density at radius 3 is 2.93 bits per heavy atom. The standard InChI is InChI=1S/C11H18N2O2/c1-8(2)5-12-6-9-4-10(13-7-9)11(14)15-3/h4,7-8,12-13H,5-6H2,1-3H3. The highest BCUT2D eigenvalue weighted by molar-refractivity contribution is 5.87. The number of hydrogen-bond donors (Lipinski definition) is 2. The second-order valence-corrected chi connectivity index (χ2v) is 3.94. The number of aromatic amines is 1. The third kappa shape index (κ3) is 3.75. The van der Waals surface area contributed by atoms with Gasteiger partial charge in [-0.2, -0.15) is 0 Å². The third-order valence-electron chi connectivity index (χ3n) is 2.03. The van der Waals surface area contributed by atoms with E-state index in [-0.39, 0.29) is 5.97 Å². The number of rotatable bonds is 5. The summed E-state index contributed by atoms with van der Waals surface area (Å²) in [5.74, 6) is 0.300. The maximum Gasteiger partial charge on any atom is 0.354 e. The lowest BCUT2D eigenvalue weighted by Crippen LogP contribution is -2.18. The van der Waals surface area contributed by atoms with E-state index in [1.54, 1.807) is 6.07 Å². The molecule has 0 saturated heterocycles. The molecular formula is C11H18N2O2. The second-order valence-electron chi connectivity index (χ2n) is 3.94. The maximum absolute atomic E-state index is 11.1. The summed E-state index contributed by atoms with van der Waals surface area (Å²) in [7, 11) is 1.37. The fraction of sp³-hybridized carbons (Fsp3) is 0.545. The first-order valence-corrected chi connectivity index (χ1v) is 5.09. The Kier molecular flexibility index (Phi) is 4.37. The minimum absolute atomic E-state index is 0.329. The lowest BCUT2D eigenvalue weighted by molar-refractivity contribution is 0.0595. The molecule has 0 aromatic carbocycles. The topological polar surface area (TPSA) is 54.1 Å². The first-order valence-electron chi connectivity index (χ1n) is 5.09. The summed E-state index contributed by atoms with van der Waals surface area (Å²) < 4.78 is 4.60. The van der Waals surface area contributed by atoms with Crippen LogP contribution in [0, 0.1) is 5.92 Å². The van der Waals surface area contributed by atoms with E-state index in [4.69, 9.17) is 0 Å². The molecular weight excluding hydrogens is 192 g/mol. The quantitative estimate of drug-likeness (QED) is 0.725. The van der Waals surface area contributed by atoms with Crippen molar-refractivity contribution < 1.29 is 9.53 Å². The van der Waals surface area contributed by atoms with E-state index < -0.39 is 0 Å². The van der Waals surface area contributed by atoms with Crippen molar-refractivity contribution in [2.45, 2.75) is 20.4 Å². The van der Waals surface area contributed by atoms with Gasteiger partial charge in [0, 0.05) is 12.7 Å². The Labute approximate surface area is 90.0 Å². The summed E-state index contributed by atoms with van der Waals surface area (Å²) >= 11 is 0. The lowest BCUT2D eigenvalue weighted by atomic mass is 10.2. The van der Waals surface area contributed by atoms with Crippen molar-refractivity contribution in [1.29, 1.82) is 0 Å². The van der Waals surface area contributed by atoms with Crippen molar-refractivity contribution in [1.82, 2.24) is 10.3 Å². The zero-order valence-corrected chi connectivity index (χ0v) is 9.46. The average molecular weight is 210 g/mol. The molecule has 0 saturated carbocycles. The van der Waals surface area contributed by atoms with Crippen molar-refractivity contribution in [3.63, 3.8) is 0 Å². The average Bonchev–Trinajstić information content (AvgIpc) is 2.65. The predicted molar refractivity (Wildman–Crippen MR) is 58.7 cm³/mol. The normalized spacial score (nSPS) is 10.7. The SMILES string of the molecule is COC(=O)c1cc(CNCC(C)C)c[nH]1. The Hall–Kier alpha value is -1.29. The van der Waals surface area contributed by atoms with Gasteiger partial charge in [0.1, 0.15) is 5.69 Å². The smallest absolute Gasteiger partial charge is 0.354 e. The maximum atomic E-state index is 11.1. The van der Waals surface area contributed by atoms with Crippen LogP contribution in [0.4, 0.5) is 0 Å². The molecule has 4 nitrogen and oxygen atoms in total. The minimum Gasteiger partial charge on any atom is -0.464 e. The summed E-state index contributed by atoms with van der Waals surface area (Å²) in [4.78, 5) is 14.0. The van der Waals surface area contributed by atoms with Gasteiger partial charge in [0.05, 0.1) is 7.11 Å². The van der Waals surface area contributed by atoms with E-state index in [9.17, 15) is 4.79 Å². The van der Waals surface area contributed by atoms with Gasteiger partial charge in [-0.25, -0.2) is 4.79 Å². The van der Waals surface area contributed by atoms with Crippen molar-refractivity contribution in [2.75, 3.05) is 13.7 Å². The van der Waals surface area contributed by atoms with Crippen LogP contribution in [0.1, 0.15) is 29.9 Å². The third-order valence-corrected chi connectivity index (χ3v) is 2.03. The van der Waals surface area contributed by atoms with Crippen molar-refractivity contribution in [3.8, 4) is 0 Å². The van der Waals surface area contributed by atoms with Crippen LogP contribution in [-0.4, -0.2) is 24.6 Å². The van der Waals surface area contributed by atoms with Gasteiger partial charge in [0.25, 0.3) is 0 Å². The van der Waals surface area contributed by atoms with E-state index in [0.29, 0.717) is 11.6 Å². The van der Waals surface area contributed by atoms with Gasteiger partial charge in [-0.1, -0.05) is 13.8 Å². The van der Waals surface area contributed by atoms with E-state index in [0.717, 1.165) is 18.7 Å². The molecule has 1 heterocycles. The molecule has 4 heteroatoms. The zero-order chi connectivity index (χ0) is 11.3. The highest BCUT2D eigenvalue weighted by atomic mass is 16.5. The number of esters is 1. The van der Waals surface area contributed by atoms with Crippen LogP contribution in [0.15, 0.2) is 12.3 Å². The Morgan fingerprint density at radius 1 is 1.60 bits per heavy atom. The summed E-state index contributed by atoms with van der Waals surface area (Å²) in [6, 6.07) is 1.80. The van der Waals surface area contributed by atoms with Gasteiger partial charge in [-0.3, -0.25) is 0 Å². The minimum atomic E-state index is -0.329. The fourth-order valence-corrected chi connectivity index (χ4v) is 1.27. The zero-order valence-electron chi connectivity index (χ0n) is 9.46. The molecule has 1 aromatic heterocycles. The molecule has 0 bridgehead atoms. The second kappa shape index (κ2) is 5.56. The molecule has 0 spiro atoms. The number of aromatic nitrogens is 1. The van der Waals surface area contributed by atoms with Crippen LogP contribution >= 0.6 is 0 Å². The molecule has 0 aliphatic heterocycles. The Bertz CT molecular complexity index is 318. The van der Waals surface area contributed by atoms with Crippen molar-refractivity contribution in [3.05, 3.63) is 23.5 Å². The van der Waals surface area contributed by atoms with Crippen LogP contribution in [0.25, 0.3) is 0 Å². The van der Waals surface area contributed by atoms with Crippen LogP contribution in [-0.2, 0) is 11.3 Å². The van der Waals surface area contributed by atoms with Gasteiger partial charge in [0.15, 0.2) is 0 Å². The molecule has 1 aromatic rings. The number of methoxy groups -OCH3 is 1. The van der Waals surface area contributed by atoms with E-state index in [2.05, 4.69) is 28.9 Å². The number of nitrogens with one attached hydrogen (secondary N) is 2. The molecule has 0 unspecified atom stereocenters. The van der Waals surface area contributed by atoms with Gasteiger partial charge in [-0.15, -0.1) is 0 Å². The molecule has 15 heavy (non-hydrogen) atoms. The van der Waals surface area contributed by atoms with E-state index in [1.807, 2.05) is 6.20 Å². The summed E-state index contributed by atoms with van der Waals surface area (Å²) in [6.07, 6.45) is 1.82. The van der Waals surface area contributed by atoms with Crippen molar-refractivity contribution in [2.24, 2.45) is 5.92 Å². The Balaban J connectivity index is 2.43. The highest BCUT2D eigenvalue weighted by Gasteiger charge is 2.07. The predicted octanol–water partition coefficient (Wildman–Crippen LogP) is 1.55. The summed E-state index contributed by atoms with van der Waals surface area (Å²) in [5, 5.41) is 3.30. The van der Waals surface area contributed by atoms with Gasteiger partial charge in [-0.05, 0) is 24.1 Å². The van der Waals surface area contributed by atoms with Crippen LogP contribution in [0.2, 0.25) is 0 Å². The summed E-state index contributed by atoms with van der Waals surface area (Å²) in [5.41, 5.74) is 1.56. The number of hydrogen-bond acceptors (Lipinski definition) is 3. The number of ether oxygens (including phenoxy) is 1. The molecule has 84 valence electrons. The van der Waals surface area contributed by atoms with Crippen molar-refractivity contribution >= 4 is 5.97 Å². The summed E-state index contributed by atoms with van der Waals surface area (Å²) in [6.45, 7) is 6.05. The number of carbonyl (C=O) groups is 1. The Morgan fingerprint density at radius 2 is 2.33 bits per heavy atom. The van der Waals surface area contributed by atoms with E-state index >= 15 is 0 Å². The van der Waals surface area contributed by atoms with Gasteiger partial charge in [0.2, 0.25) is 0 Å². The molecule has 0 atom stereocenters.